The summed E-state index contributed by atoms with van der Waals surface area (Å²) in [6.07, 6.45) is 0. The van der Waals surface area contributed by atoms with E-state index in [0.717, 1.165) is 6.07 Å². The van der Waals surface area contributed by atoms with Crippen LogP contribution in [0.3, 0.4) is 0 Å². The average molecular weight is 288 g/mol. The number of aliphatic imine (C=N–C) groups is 1. The van der Waals surface area contributed by atoms with E-state index in [1.54, 1.807) is 0 Å². The van der Waals surface area contributed by atoms with Gasteiger partial charge in [-0.2, -0.15) is 4.99 Å². The summed E-state index contributed by atoms with van der Waals surface area (Å²) < 4.78 is 0. The van der Waals surface area contributed by atoms with Crippen molar-refractivity contribution < 1.29 is 14.6 Å². The quantitative estimate of drug-likeness (QED) is 0.354. The molecule has 10 nitrogen and oxygen atoms in total. The van der Waals surface area contributed by atoms with Crippen LogP contribution >= 0.6 is 11.6 Å². The first kappa shape index (κ1) is 14.3. The van der Waals surface area contributed by atoms with Gasteiger partial charge in [0.25, 0.3) is 17.3 Å². The van der Waals surface area contributed by atoms with Crippen molar-refractivity contribution in [3.63, 3.8) is 0 Å². The number of carbonyl (C=O) groups is 1. The summed E-state index contributed by atoms with van der Waals surface area (Å²) in [6, 6.07) is 1.34. The fourth-order valence-electron chi connectivity index (χ4n) is 1.19. The third-order valence-electron chi connectivity index (χ3n) is 1.92. The molecule has 1 aromatic rings. The number of carbonyl (C=O) groups excluding carboxylic acids is 1. The normalized spacial score (nSPS) is 9.74. The zero-order chi connectivity index (χ0) is 14.7. The summed E-state index contributed by atoms with van der Waals surface area (Å²) in [5.41, 5.74) is 7.88. The molecular weight excluding hydrogens is 282 g/mol. The number of nitro groups is 2. The van der Waals surface area contributed by atoms with Crippen LogP contribution in [-0.4, -0.2) is 21.7 Å². The van der Waals surface area contributed by atoms with Crippen LogP contribution in [0.25, 0.3) is 0 Å². The molecule has 100 valence electrons. The molecule has 0 fully saturated rings. The molecule has 1 aromatic carbocycles. The standard InChI is InChI=1S/C8H6ClN5O5/c9-4-1-3(7(15)12-8(10)11)5(13(16)17)2-6(4)14(18)19/h1-2H,(H4,10,11,12,15). The molecule has 1 rings (SSSR count). The van der Waals surface area contributed by atoms with E-state index in [0.29, 0.717) is 6.07 Å². The highest BCUT2D eigenvalue weighted by Gasteiger charge is 2.27. The predicted molar refractivity (Wildman–Crippen MR) is 64.9 cm³/mol. The van der Waals surface area contributed by atoms with Crippen molar-refractivity contribution in [2.75, 3.05) is 0 Å². The van der Waals surface area contributed by atoms with Gasteiger partial charge in [0.15, 0.2) is 5.96 Å². The number of nitrogens with two attached hydrogens (primary N) is 2. The number of benzene rings is 1. The summed E-state index contributed by atoms with van der Waals surface area (Å²) in [5.74, 6) is -1.72. The lowest BCUT2D eigenvalue weighted by atomic mass is 10.1. The maximum Gasteiger partial charge on any atom is 0.294 e. The lowest BCUT2D eigenvalue weighted by molar-refractivity contribution is -0.394. The monoisotopic (exact) mass is 287 g/mol. The molecule has 1 amide bonds. The van der Waals surface area contributed by atoms with Gasteiger partial charge in [-0.25, -0.2) is 0 Å². The number of amides is 1. The van der Waals surface area contributed by atoms with Crippen molar-refractivity contribution in [1.29, 1.82) is 0 Å². The Morgan fingerprint density at radius 1 is 1.16 bits per heavy atom. The van der Waals surface area contributed by atoms with E-state index < -0.39 is 43.7 Å². The van der Waals surface area contributed by atoms with E-state index in [1.807, 2.05) is 0 Å². The van der Waals surface area contributed by atoms with Crippen molar-refractivity contribution in [1.82, 2.24) is 0 Å². The predicted octanol–water partition coefficient (Wildman–Crippen LogP) is 0.570. The van der Waals surface area contributed by atoms with Crippen LogP contribution in [0.15, 0.2) is 17.1 Å². The highest BCUT2D eigenvalue weighted by Crippen LogP contribution is 2.32. The van der Waals surface area contributed by atoms with Crippen molar-refractivity contribution in [3.8, 4) is 0 Å². The number of hydrogen-bond donors (Lipinski definition) is 2. The Bertz CT molecular complexity index is 610. The fourth-order valence-corrected chi connectivity index (χ4v) is 1.42. The topological polar surface area (TPSA) is 168 Å². The molecule has 0 bridgehead atoms. The summed E-state index contributed by atoms with van der Waals surface area (Å²) in [4.78, 5) is 34.1. The van der Waals surface area contributed by atoms with Crippen LogP contribution in [0, 0.1) is 20.2 Å². The maximum absolute atomic E-state index is 11.5. The third-order valence-corrected chi connectivity index (χ3v) is 2.22. The van der Waals surface area contributed by atoms with E-state index in [-0.39, 0.29) is 0 Å². The molecule has 0 aliphatic rings. The van der Waals surface area contributed by atoms with Crippen LogP contribution in [0.2, 0.25) is 5.02 Å². The van der Waals surface area contributed by atoms with Gasteiger partial charge in [0.2, 0.25) is 0 Å². The van der Waals surface area contributed by atoms with Gasteiger partial charge < -0.3 is 11.5 Å². The Morgan fingerprint density at radius 3 is 2.11 bits per heavy atom. The third kappa shape index (κ3) is 3.13. The summed E-state index contributed by atoms with van der Waals surface area (Å²) in [6.45, 7) is 0. The maximum atomic E-state index is 11.5. The van der Waals surface area contributed by atoms with Crippen LogP contribution in [0.4, 0.5) is 11.4 Å². The van der Waals surface area contributed by atoms with Crippen LogP contribution in [0.5, 0.6) is 0 Å². The highest BCUT2D eigenvalue weighted by atomic mass is 35.5. The van der Waals surface area contributed by atoms with Crippen molar-refractivity contribution in [3.05, 3.63) is 42.9 Å². The number of halogens is 1. The van der Waals surface area contributed by atoms with Gasteiger partial charge in [0.05, 0.1) is 15.9 Å². The lowest BCUT2D eigenvalue weighted by Gasteiger charge is -2.01. The first-order valence-corrected chi connectivity index (χ1v) is 4.88. The van der Waals surface area contributed by atoms with Gasteiger partial charge in [0.1, 0.15) is 10.6 Å². The molecule has 0 aliphatic heterocycles. The Labute approximate surface area is 110 Å². The Hall–Kier alpha value is -2.75. The molecule has 0 atom stereocenters. The molecule has 0 unspecified atom stereocenters. The molecule has 4 N–H and O–H groups in total. The van der Waals surface area contributed by atoms with Gasteiger partial charge >= 0.3 is 0 Å². The number of rotatable bonds is 3. The minimum Gasteiger partial charge on any atom is -0.370 e. The SMILES string of the molecule is NC(N)=NC(=O)c1cc(Cl)c([N+](=O)[O-])cc1[N+](=O)[O-]. The van der Waals surface area contributed by atoms with Gasteiger partial charge in [-0.05, 0) is 6.07 Å². The summed E-state index contributed by atoms with van der Waals surface area (Å²) in [5, 5.41) is 20.9. The molecule has 0 radical (unpaired) electrons. The minimum atomic E-state index is -1.12. The molecule has 0 heterocycles. The van der Waals surface area contributed by atoms with Crippen LogP contribution in [0.1, 0.15) is 10.4 Å². The molecule has 0 saturated heterocycles. The van der Waals surface area contributed by atoms with Gasteiger partial charge in [0, 0.05) is 0 Å². The average Bonchev–Trinajstić information content (AvgIpc) is 2.26. The van der Waals surface area contributed by atoms with Crippen LogP contribution < -0.4 is 11.5 Å². The molecule has 0 aliphatic carbocycles. The van der Waals surface area contributed by atoms with Crippen LogP contribution in [-0.2, 0) is 0 Å². The van der Waals surface area contributed by atoms with Crippen molar-refractivity contribution in [2.45, 2.75) is 0 Å². The Morgan fingerprint density at radius 2 is 1.68 bits per heavy atom. The largest absolute Gasteiger partial charge is 0.370 e. The Kier molecular flexibility index (Phi) is 3.97. The smallest absolute Gasteiger partial charge is 0.294 e. The van der Waals surface area contributed by atoms with E-state index in [1.165, 1.54) is 0 Å². The Balaban J connectivity index is 3.52. The zero-order valence-electron chi connectivity index (χ0n) is 9.07. The van der Waals surface area contributed by atoms with Crippen molar-refractivity contribution >= 4 is 34.8 Å². The number of nitrogens with zero attached hydrogens (tertiary/aromatic N) is 3. The summed E-state index contributed by atoms with van der Waals surface area (Å²) in [7, 11) is 0. The van der Waals surface area contributed by atoms with Crippen molar-refractivity contribution in [2.24, 2.45) is 16.5 Å². The van der Waals surface area contributed by atoms with E-state index in [2.05, 4.69) is 4.99 Å². The van der Waals surface area contributed by atoms with Gasteiger partial charge in [-0.3, -0.25) is 25.0 Å². The second-order valence-corrected chi connectivity index (χ2v) is 3.58. The number of guanidine groups is 1. The molecule has 19 heavy (non-hydrogen) atoms. The first-order valence-electron chi connectivity index (χ1n) is 4.50. The molecule has 0 aromatic heterocycles. The van der Waals surface area contributed by atoms with Gasteiger partial charge in [-0.15, -0.1) is 0 Å². The fraction of sp³-hybridized carbons (Fsp3) is 0. The lowest BCUT2D eigenvalue weighted by Crippen LogP contribution is -2.24. The molecule has 0 spiro atoms. The summed E-state index contributed by atoms with van der Waals surface area (Å²) >= 11 is 5.55. The molecular formula is C8H6ClN5O5. The molecule has 11 heteroatoms. The van der Waals surface area contributed by atoms with E-state index >= 15 is 0 Å². The highest BCUT2D eigenvalue weighted by molar-refractivity contribution is 6.33. The number of hydrogen-bond acceptors (Lipinski definition) is 5. The van der Waals surface area contributed by atoms with Gasteiger partial charge in [-0.1, -0.05) is 11.6 Å². The first-order chi connectivity index (χ1) is 8.73. The second-order valence-electron chi connectivity index (χ2n) is 3.18. The zero-order valence-corrected chi connectivity index (χ0v) is 9.83. The van der Waals surface area contributed by atoms with E-state index in [4.69, 9.17) is 23.1 Å². The minimum absolute atomic E-state index is 0.440. The van der Waals surface area contributed by atoms with E-state index in [9.17, 15) is 25.0 Å². The number of nitro benzene ring substituents is 2. The molecule has 0 saturated carbocycles. The second kappa shape index (κ2) is 5.27.